The van der Waals surface area contributed by atoms with E-state index in [0.29, 0.717) is 6.54 Å². The quantitative estimate of drug-likeness (QED) is 0.357. The van der Waals surface area contributed by atoms with Gasteiger partial charge in [0.15, 0.2) is 11.8 Å². The van der Waals surface area contributed by atoms with Gasteiger partial charge in [-0.15, -0.1) is 45.5 Å². The summed E-state index contributed by atoms with van der Waals surface area (Å²) in [7, 11) is 0. The lowest BCUT2D eigenvalue weighted by molar-refractivity contribution is 0.693. The first-order chi connectivity index (χ1) is 11.3. The van der Waals surface area contributed by atoms with Crippen LogP contribution in [0.2, 0.25) is 0 Å². The summed E-state index contributed by atoms with van der Waals surface area (Å²) in [5, 5.41) is 15.8. The molecule has 2 aromatic heterocycles. The Hall–Kier alpha value is -1.23. The number of guanidine groups is 1. The molecule has 0 amide bonds. The standard InChI is InChI=1S/C15H25N7S.HI/c1-4-12-9-18-14(23-12)7-8-17-15(16-5-2)19-10-13-21-20-11-22(13)6-3;/h9,11H,4-8,10H2,1-3H3,(H2,16,17,19);1H. The molecule has 9 heteroatoms. The second-order valence-corrected chi connectivity index (χ2v) is 6.18. The molecule has 0 unspecified atom stereocenters. The van der Waals surface area contributed by atoms with E-state index in [4.69, 9.17) is 0 Å². The Balaban J connectivity index is 0.00000288. The zero-order chi connectivity index (χ0) is 16.5. The van der Waals surface area contributed by atoms with Crippen molar-refractivity contribution >= 4 is 41.3 Å². The van der Waals surface area contributed by atoms with Crippen LogP contribution in [0.4, 0.5) is 0 Å². The van der Waals surface area contributed by atoms with Gasteiger partial charge in [-0.05, 0) is 20.3 Å². The third-order valence-electron chi connectivity index (χ3n) is 3.34. The number of hydrogen-bond acceptors (Lipinski definition) is 5. The number of aliphatic imine (C=N–C) groups is 1. The van der Waals surface area contributed by atoms with E-state index in [1.54, 1.807) is 17.7 Å². The molecule has 2 aromatic rings. The fraction of sp³-hybridized carbons (Fsp3) is 0.600. The molecule has 2 rings (SSSR count). The zero-order valence-corrected chi connectivity index (χ0v) is 17.6. The monoisotopic (exact) mass is 463 g/mol. The molecular formula is C15H26IN7S. The molecule has 0 aliphatic rings. The smallest absolute Gasteiger partial charge is 0.191 e. The maximum Gasteiger partial charge on any atom is 0.191 e. The number of halogens is 1. The SMILES string of the molecule is CCNC(=NCc1nncn1CC)NCCc1ncc(CC)s1.I. The zero-order valence-electron chi connectivity index (χ0n) is 14.4. The Morgan fingerprint density at radius 2 is 2.12 bits per heavy atom. The molecule has 0 spiro atoms. The van der Waals surface area contributed by atoms with E-state index in [0.717, 1.165) is 49.3 Å². The summed E-state index contributed by atoms with van der Waals surface area (Å²) in [6, 6.07) is 0. The Bertz CT molecular complexity index is 623. The highest BCUT2D eigenvalue weighted by Crippen LogP contribution is 2.13. The molecule has 0 saturated carbocycles. The van der Waals surface area contributed by atoms with Crippen LogP contribution in [0.1, 0.15) is 36.5 Å². The van der Waals surface area contributed by atoms with Crippen LogP contribution in [-0.4, -0.2) is 38.8 Å². The third kappa shape index (κ3) is 6.34. The largest absolute Gasteiger partial charge is 0.357 e. The maximum absolute atomic E-state index is 4.57. The molecular weight excluding hydrogens is 437 g/mol. The van der Waals surface area contributed by atoms with Gasteiger partial charge in [-0.1, -0.05) is 6.92 Å². The van der Waals surface area contributed by atoms with Crippen molar-refractivity contribution in [1.29, 1.82) is 0 Å². The van der Waals surface area contributed by atoms with Gasteiger partial charge in [0, 0.05) is 37.1 Å². The van der Waals surface area contributed by atoms with E-state index in [9.17, 15) is 0 Å². The topological polar surface area (TPSA) is 80.0 Å². The van der Waals surface area contributed by atoms with E-state index in [2.05, 4.69) is 51.6 Å². The summed E-state index contributed by atoms with van der Waals surface area (Å²) in [5.74, 6) is 1.67. The number of hydrogen-bond donors (Lipinski definition) is 2. The molecule has 0 fully saturated rings. The Morgan fingerprint density at radius 1 is 1.29 bits per heavy atom. The Kier molecular flexibility index (Phi) is 9.84. The van der Waals surface area contributed by atoms with Gasteiger partial charge in [-0.25, -0.2) is 9.98 Å². The van der Waals surface area contributed by atoms with Crippen LogP contribution in [0.5, 0.6) is 0 Å². The van der Waals surface area contributed by atoms with Crippen molar-refractivity contribution in [2.45, 2.75) is 46.7 Å². The van der Waals surface area contributed by atoms with E-state index in [-0.39, 0.29) is 24.0 Å². The minimum Gasteiger partial charge on any atom is -0.357 e. The highest BCUT2D eigenvalue weighted by Gasteiger charge is 2.04. The number of nitrogens with zero attached hydrogens (tertiary/aromatic N) is 5. The van der Waals surface area contributed by atoms with Crippen molar-refractivity contribution in [2.24, 2.45) is 4.99 Å². The van der Waals surface area contributed by atoms with Gasteiger partial charge < -0.3 is 15.2 Å². The van der Waals surface area contributed by atoms with E-state index in [1.165, 1.54) is 4.88 Å². The highest BCUT2D eigenvalue weighted by atomic mass is 127. The number of thiazole rings is 1. The lowest BCUT2D eigenvalue weighted by atomic mass is 10.4. The van der Waals surface area contributed by atoms with Crippen LogP contribution in [0, 0.1) is 0 Å². The van der Waals surface area contributed by atoms with Gasteiger partial charge in [0.1, 0.15) is 12.9 Å². The molecule has 0 aromatic carbocycles. The molecule has 0 aliphatic heterocycles. The summed E-state index contributed by atoms with van der Waals surface area (Å²) in [6.45, 7) is 9.28. The van der Waals surface area contributed by atoms with Crippen LogP contribution in [0.25, 0.3) is 0 Å². The van der Waals surface area contributed by atoms with Crippen LogP contribution in [0.15, 0.2) is 17.5 Å². The first-order valence-electron chi connectivity index (χ1n) is 8.09. The van der Waals surface area contributed by atoms with Crippen molar-refractivity contribution in [2.75, 3.05) is 13.1 Å². The Morgan fingerprint density at radius 3 is 2.79 bits per heavy atom. The predicted molar refractivity (Wildman–Crippen MR) is 109 cm³/mol. The highest BCUT2D eigenvalue weighted by molar-refractivity contribution is 14.0. The summed E-state index contributed by atoms with van der Waals surface area (Å²) < 4.78 is 1.99. The molecule has 0 bridgehead atoms. The lowest BCUT2D eigenvalue weighted by Gasteiger charge is -2.10. The second kappa shape index (κ2) is 11.3. The normalized spacial score (nSPS) is 11.2. The van der Waals surface area contributed by atoms with Crippen LogP contribution in [-0.2, 0) is 25.9 Å². The van der Waals surface area contributed by atoms with Gasteiger partial charge in [-0.3, -0.25) is 0 Å². The maximum atomic E-state index is 4.57. The lowest BCUT2D eigenvalue weighted by Crippen LogP contribution is -2.38. The molecule has 0 saturated heterocycles. The summed E-state index contributed by atoms with van der Waals surface area (Å²) >= 11 is 1.78. The minimum atomic E-state index is 0. The second-order valence-electron chi connectivity index (χ2n) is 4.98. The average molecular weight is 463 g/mol. The fourth-order valence-electron chi connectivity index (χ4n) is 2.07. The van der Waals surface area contributed by atoms with Crippen LogP contribution >= 0.6 is 35.3 Å². The van der Waals surface area contributed by atoms with Crippen LogP contribution in [0.3, 0.4) is 0 Å². The molecule has 2 heterocycles. The van der Waals surface area contributed by atoms with Gasteiger partial charge >= 0.3 is 0 Å². The first-order valence-corrected chi connectivity index (χ1v) is 8.90. The molecule has 0 atom stereocenters. The number of nitrogens with one attached hydrogen (secondary N) is 2. The molecule has 7 nitrogen and oxygen atoms in total. The summed E-state index contributed by atoms with van der Waals surface area (Å²) in [4.78, 5) is 10.3. The number of aryl methyl sites for hydroxylation is 2. The molecule has 0 aliphatic carbocycles. The van der Waals surface area contributed by atoms with Gasteiger partial charge in [0.05, 0.1) is 5.01 Å². The molecule has 134 valence electrons. The van der Waals surface area contributed by atoms with Crippen molar-refractivity contribution < 1.29 is 0 Å². The molecule has 0 radical (unpaired) electrons. The summed E-state index contributed by atoms with van der Waals surface area (Å²) in [5.41, 5.74) is 0. The third-order valence-corrected chi connectivity index (χ3v) is 4.54. The number of aromatic nitrogens is 4. The van der Waals surface area contributed by atoms with Gasteiger partial charge in [0.25, 0.3) is 0 Å². The average Bonchev–Trinajstić information content (AvgIpc) is 3.21. The van der Waals surface area contributed by atoms with Crippen molar-refractivity contribution in [3.05, 3.63) is 28.2 Å². The van der Waals surface area contributed by atoms with Crippen molar-refractivity contribution in [3.8, 4) is 0 Å². The van der Waals surface area contributed by atoms with E-state index in [1.807, 2.05) is 10.8 Å². The van der Waals surface area contributed by atoms with Crippen LogP contribution < -0.4 is 10.6 Å². The Labute approximate surface area is 164 Å². The molecule has 2 N–H and O–H groups in total. The minimum absolute atomic E-state index is 0. The number of rotatable bonds is 8. The van der Waals surface area contributed by atoms with Crippen molar-refractivity contribution in [3.63, 3.8) is 0 Å². The predicted octanol–water partition coefficient (Wildman–Crippen LogP) is 2.23. The summed E-state index contributed by atoms with van der Waals surface area (Å²) in [6.07, 6.45) is 5.66. The fourth-order valence-corrected chi connectivity index (χ4v) is 2.93. The first kappa shape index (κ1) is 20.8. The van der Waals surface area contributed by atoms with E-state index >= 15 is 0 Å². The van der Waals surface area contributed by atoms with Gasteiger partial charge in [-0.2, -0.15) is 0 Å². The van der Waals surface area contributed by atoms with Crippen molar-refractivity contribution in [1.82, 2.24) is 30.4 Å². The molecule has 24 heavy (non-hydrogen) atoms. The van der Waals surface area contributed by atoms with Gasteiger partial charge in [0.2, 0.25) is 0 Å². The van der Waals surface area contributed by atoms with E-state index < -0.39 is 0 Å².